The van der Waals surface area contributed by atoms with Gasteiger partial charge in [-0.05, 0) is 50.1 Å². The van der Waals surface area contributed by atoms with Crippen LogP contribution in [0.1, 0.15) is 36.6 Å². The molecular weight excluding hydrogens is 361 g/mol. The molecule has 0 fully saturated rings. The maximum Gasteiger partial charge on any atom is 0.311 e. The van der Waals surface area contributed by atoms with Crippen molar-refractivity contribution in [1.29, 1.82) is 0 Å². The van der Waals surface area contributed by atoms with E-state index in [1.54, 1.807) is 19.1 Å². The van der Waals surface area contributed by atoms with Gasteiger partial charge in [-0.3, -0.25) is 9.59 Å². The third-order valence-corrected chi connectivity index (χ3v) is 4.55. The highest BCUT2D eigenvalue weighted by Crippen LogP contribution is 2.23. The number of carbonyl (C=O) groups excluding carboxylic acids is 2. The molecule has 1 N–H and O–H groups in total. The predicted octanol–water partition coefficient (Wildman–Crippen LogP) is 4.23. The van der Waals surface area contributed by atoms with E-state index < -0.39 is 18.0 Å². The minimum absolute atomic E-state index is 0.0151. The number of hydrogen-bond acceptors (Lipinski definition) is 4. The molecule has 146 valence electrons. The molecule has 0 spiro atoms. The van der Waals surface area contributed by atoms with E-state index >= 15 is 0 Å². The lowest BCUT2D eigenvalue weighted by molar-refractivity contribution is -0.154. The number of hydrogen-bond donors (Lipinski definition) is 1. The molecule has 0 radical (unpaired) electrons. The van der Waals surface area contributed by atoms with Crippen LogP contribution in [0.25, 0.3) is 11.0 Å². The molecule has 1 heterocycles. The highest BCUT2D eigenvalue weighted by Gasteiger charge is 2.21. The standard InChI is InChI=1S/C22H22FNO4/c1-13-4-9-19-17(12-27-20(19)10-13)11-21(25)28-15(3)22(26)24-14(2)16-5-7-18(23)8-6-16/h4-10,12,14-15H,11H2,1-3H3,(H,24,26). The van der Waals surface area contributed by atoms with Crippen LogP contribution in [-0.4, -0.2) is 18.0 Å². The SMILES string of the molecule is Cc1ccc2c(CC(=O)OC(C)C(=O)NC(C)c3ccc(F)cc3)coc2c1. The second kappa shape index (κ2) is 8.25. The maximum atomic E-state index is 13.0. The lowest BCUT2D eigenvalue weighted by Crippen LogP contribution is -2.37. The van der Waals surface area contributed by atoms with Crippen LogP contribution in [0, 0.1) is 12.7 Å². The van der Waals surface area contributed by atoms with Gasteiger partial charge in [0.05, 0.1) is 18.7 Å². The number of nitrogens with one attached hydrogen (secondary N) is 1. The quantitative estimate of drug-likeness (QED) is 0.647. The Morgan fingerprint density at radius 3 is 2.57 bits per heavy atom. The average molecular weight is 383 g/mol. The zero-order valence-corrected chi connectivity index (χ0v) is 16.0. The summed E-state index contributed by atoms with van der Waals surface area (Å²) in [5.41, 5.74) is 3.25. The predicted molar refractivity (Wildman–Crippen MR) is 103 cm³/mol. The Balaban J connectivity index is 1.57. The summed E-state index contributed by atoms with van der Waals surface area (Å²) in [7, 11) is 0. The lowest BCUT2D eigenvalue weighted by Gasteiger charge is -2.18. The number of fused-ring (bicyclic) bond motifs is 1. The van der Waals surface area contributed by atoms with Crippen molar-refractivity contribution in [2.24, 2.45) is 0 Å². The summed E-state index contributed by atoms with van der Waals surface area (Å²) in [5.74, 6) is -1.27. The molecule has 0 saturated heterocycles. The summed E-state index contributed by atoms with van der Waals surface area (Å²) < 4.78 is 23.7. The molecule has 0 aliphatic carbocycles. The molecule has 0 saturated carbocycles. The fourth-order valence-corrected chi connectivity index (χ4v) is 2.94. The summed E-state index contributed by atoms with van der Waals surface area (Å²) in [6.45, 7) is 5.25. The van der Waals surface area contributed by atoms with Crippen molar-refractivity contribution in [3.05, 3.63) is 71.2 Å². The molecule has 0 aliphatic rings. The Kier molecular flexibility index (Phi) is 5.78. The van der Waals surface area contributed by atoms with Crippen molar-refractivity contribution in [1.82, 2.24) is 5.32 Å². The third-order valence-electron chi connectivity index (χ3n) is 4.55. The molecule has 2 atom stereocenters. The van der Waals surface area contributed by atoms with E-state index in [-0.39, 0.29) is 18.3 Å². The van der Waals surface area contributed by atoms with E-state index in [1.165, 1.54) is 25.3 Å². The van der Waals surface area contributed by atoms with Crippen LogP contribution in [-0.2, 0) is 20.7 Å². The molecule has 5 nitrogen and oxygen atoms in total. The van der Waals surface area contributed by atoms with Gasteiger partial charge in [-0.15, -0.1) is 0 Å². The van der Waals surface area contributed by atoms with Crippen LogP contribution in [0.3, 0.4) is 0 Å². The molecule has 1 aromatic heterocycles. The van der Waals surface area contributed by atoms with E-state index in [0.29, 0.717) is 11.1 Å². The van der Waals surface area contributed by atoms with Crippen molar-refractivity contribution >= 4 is 22.8 Å². The van der Waals surface area contributed by atoms with Crippen molar-refractivity contribution in [2.75, 3.05) is 0 Å². The zero-order valence-electron chi connectivity index (χ0n) is 16.0. The number of aryl methyl sites for hydroxylation is 1. The summed E-state index contributed by atoms with van der Waals surface area (Å²) in [6, 6.07) is 11.3. The Bertz CT molecular complexity index is 993. The van der Waals surface area contributed by atoms with Crippen LogP contribution >= 0.6 is 0 Å². The second-order valence-corrected chi connectivity index (χ2v) is 6.85. The van der Waals surface area contributed by atoms with Gasteiger partial charge >= 0.3 is 5.97 Å². The maximum absolute atomic E-state index is 13.0. The normalized spacial score (nSPS) is 13.1. The van der Waals surface area contributed by atoms with Crippen molar-refractivity contribution in [3.8, 4) is 0 Å². The van der Waals surface area contributed by atoms with Gasteiger partial charge < -0.3 is 14.5 Å². The topological polar surface area (TPSA) is 68.5 Å². The first-order valence-corrected chi connectivity index (χ1v) is 9.05. The minimum atomic E-state index is -0.948. The smallest absolute Gasteiger partial charge is 0.311 e. The Labute approximate surface area is 162 Å². The van der Waals surface area contributed by atoms with E-state index in [4.69, 9.17) is 9.15 Å². The van der Waals surface area contributed by atoms with E-state index in [0.717, 1.165) is 16.5 Å². The fourth-order valence-electron chi connectivity index (χ4n) is 2.94. The van der Waals surface area contributed by atoms with Crippen LogP contribution < -0.4 is 5.32 Å². The third kappa shape index (κ3) is 4.57. The summed E-state index contributed by atoms with van der Waals surface area (Å²) in [6.07, 6.45) is 0.601. The molecule has 3 rings (SSSR count). The monoisotopic (exact) mass is 383 g/mol. The van der Waals surface area contributed by atoms with Crippen LogP contribution in [0.15, 0.2) is 53.1 Å². The molecule has 1 amide bonds. The van der Waals surface area contributed by atoms with Crippen molar-refractivity contribution in [3.63, 3.8) is 0 Å². The van der Waals surface area contributed by atoms with Crippen molar-refractivity contribution < 1.29 is 23.1 Å². The second-order valence-electron chi connectivity index (χ2n) is 6.85. The summed E-state index contributed by atoms with van der Waals surface area (Å²) >= 11 is 0. The first-order chi connectivity index (χ1) is 13.3. The van der Waals surface area contributed by atoms with Gasteiger partial charge in [0.2, 0.25) is 0 Å². The lowest BCUT2D eigenvalue weighted by atomic mass is 10.1. The number of amides is 1. The number of benzene rings is 2. The highest BCUT2D eigenvalue weighted by molar-refractivity contribution is 5.88. The van der Waals surface area contributed by atoms with Gasteiger partial charge in [0.25, 0.3) is 5.91 Å². The molecular formula is C22H22FNO4. The molecule has 0 bridgehead atoms. The van der Waals surface area contributed by atoms with Gasteiger partial charge in [0, 0.05) is 10.9 Å². The van der Waals surface area contributed by atoms with Crippen molar-refractivity contribution in [2.45, 2.75) is 39.3 Å². The van der Waals surface area contributed by atoms with Crippen LogP contribution in [0.2, 0.25) is 0 Å². The minimum Gasteiger partial charge on any atom is -0.464 e. The van der Waals surface area contributed by atoms with Crippen LogP contribution in [0.4, 0.5) is 4.39 Å². The highest BCUT2D eigenvalue weighted by atomic mass is 19.1. The average Bonchev–Trinajstić information content (AvgIpc) is 3.03. The number of ether oxygens (including phenoxy) is 1. The number of carbonyl (C=O) groups is 2. The number of esters is 1. The first-order valence-electron chi connectivity index (χ1n) is 9.05. The molecule has 2 unspecified atom stereocenters. The van der Waals surface area contributed by atoms with Gasteiger partial charge in [-0.2, -0.15) is 0 Å². The molecule has 6 heteroatoms. The number of furan rings is 1. The number of rotatable bonds is 6. The van der Waals surface area contributed by atoms with Gasteiger partial charge in [-0.1, -0.05) is 24.3 Å². The molecule has 0 aliphatic heterocycles. The zero-order chi connectivity index (χ0) is 20.3. The van der Waals surface area contributed by atoms with E-state index in [2.05, 4.69) is 5.32 Å². The largest absolute Gasteiger partial charge is 0.464 e. The van der Waals surface area contributed by atoms with E-state index in [9.17, 15) is 14.0 Å². The number of halogens is 1. The van der Waals surface area contributed by atoms with Gasteiger partial charge in [0.15, 0.2) is 6.10 Å². The van der Waals surface area contributed by atoms with Gasteiger partial charge in [0.1, 0.15) is 11.4 Å². The first kappa shape index (κ1) is 19.6. The van der Waals surface area contributed by atoms with E-state index in [1.807, 2.05) is 25.1 Å². The Morgan fingerprint density at radius 1 is 1.14 bits per heavy atom. The Morgan fingerprint density at radius 2 is 1.86 bits per heavy atom. The summed E-state index contributed by atoms with van der Waals surface area (Å²) in [5, 5.41) is 3.61. The molecule has 3 aromatic rings. The fraction of sp³-hybridized carbons (Fsp3) is 0.273. The van der Waals surface area contributed by atoms with Crippen LogP contribution in [0.5, 0.6) is 0 Å². The van der Waals surface area contributed by atoms with Gasteiger partial charge in [-0.25, -0.2) is 4.39 Å². The molecule has 28 heavy (non-hydrogen) atoms. The summed E-state index contributed by atoms with van der Waals surface area (Å²) in [4.78, 5) is 24.5. The molecule has 2 aromatic carbocycles. The Hall–Kier alpha value is -3.15.